The van der Waals surface area contributed by atoms with Crippen LogP contribution in [0.4, 0.5) is 0 Å². The standard InChI is InChI=1S/C16H26N2O/c1-11-9-13(3)14(10-12(11)2)7-8-18(6)15(19)16(4,5)17/h9-10H,7-8,17H2,1-6H3. The van der Waals surface area contributed by atoms with Gasteiger partial charge in [0, 0.05) is 13.6 Å². The zero-order chi connectivity index (χ0) is 14.8. The maximum Gasteiger partial charge on any atom is 0.241 e. The van der Waals surface area contributed by atoms with Crippen molar-refractivity contribution in [3.8, 4) is 0 Å². The SMILES string of the molecule is Cc1cc(C)c(CCN(C)C(=O)C(C)(C)N)cc1C. The van der Waals surface area contributed by atoms with Crippen LogP contribution in [0.15, 0.2) is 12.1 Å². The molecule has 3 heteroatoms. The summed E-state index contributed by atoms with van der Waals surface area (Å²) in [5.41, 5.74) is 10.2. The van der Waals surface area contributed by atoms with Gasteiger partial charge in [-0.2, -0.15) is 0 Å². The molecule has 2 N–H and O–H groups in total. The van der Waals surface area contributed by atoms with Crippen molar-refractivity contribution < 1.29 is 4.79 Å². The molecule has 0 saturated heterocycles. The van der Waals surface area contributed by atoms with Crippen LogP contribution in [0.3, 0.4) is 0 Å². The number of benzene rings is 1. The predicted octanol–water partition coefficient (Wildman–Crippen LogP) is 2.35. The maximum atomic E-state index is 12.0. The van der Waals surface area contributed by atoms with Crippen molar-refractivity contribution in [2.75, 3.05) is 13.6 Å². The van der Waals surface area contributed by atoms with Crippen LogP contribution in [-0.2, 0) is 11.2 Å². The highest BCUT2D eigenvalue weighted by Gasteiger charge is 2.25. The average Bonchev–Trinajstić information content (AvgIpc) is 2.29. The fourth-order valence-corrected chi connectivity index (χ4v) is 2.17. The third kappa shape index (κ3) is 4.06. The Bertz CT molecular complexity index is 472. The highest BCUT2D eigenvalue weighted by molar-refractivity contribution is 5.84. The summed E-state index contributed by atoms with van der Waals surface area (Å²) in [5.74, 6) is -0.0195. The van der Waals surface area contributed by atoms with E-state index in [0.29, 0.717) is 6.54 Å². The molecule has 0 fully saturated rings. The van der Waals surface area contributed by atoms with Gasteiger partial charge in [-0.05, 0) is 63.3 Å². The molecule has 0 saturated carbocycles. The van der Waals surface area contributed by atoms with Gasteiger partial charge in [-0.25, -0.2) is 0 Å². The molecule has 19 heavy (non-hydrogen) atoms. The first-order valence-corrected chi connectivity index (χ1v) is 6.74. The molecule has 0 radical (unpaired) electrons. The highest BCUT2D eigenvalue weighted by Crippen LogP contribution is 2.16. The minimum absolute atomic E-state index is 0.0195. The Morgan fingerprint density at radius 3 is 2.21 bits per heavy atom. The molecule has 0 aliphatic carbocycles. The lowest BCUT2D eigenvalue weighted by Gasteiger charge is -2.26. The van der Waals surface area contributed by atoms with E-state index in [0.717, 1.165) is 6.42 Å². The van der Waals surface area contributed by atoms with E-state index in [1.807, 2.05) is 7.05 Å². The van der Waals surface area contributed by atoms with Crippen LogP contribution in [0.5, 0.6) is 0 Å². The molecule has 1 aromatic carbocycles. The van der Waals surface area contributed by atoms with E-state index >= 15 is 0 Å². The van der Waals surface area contributed by atoms with E-state index < -0.39 is 5.54 Å². The molecule has 0 aliphatic heterocycles. The van der Waals surface area contributed by atoms with Crippen LogP contribution in [0.1, 0.15) is 36.1 Å². The Morgan fingerprint density at radius 2 is 1.68 bits per heavy atom. The summed E-state index contributed by atoms with van der Waals surface area (Å²) in [6, 6.07) is 4.43. The number of nitrogens with zero attached hydrogens (tertiary/aromatic N) is 1. The Morgan fingerprint density at radius 1 is 1.16 bits per heavy atom. The first kappa shape index (κ1) is 15.7. The summed E-state index contributed by atoms with van der Waals surface area (Å²) in [6.45, 7) is 10.5. The molecule has 0 unspecified atom stereocenters. The largest absolute Gasteiger partial charge is 0.344 e. The zero-order valence-electron chi connectivity index (χ0n) is 13.0. The van der Waals surface area contributed by atoms with Crippen LogP contribution in [0.25, 0.3) is 0 Å². The van der Waals surface area contributed by atoms with Crippen LogP contribution in [-0.4, -0.2) is 29.9 Å². The minimum Gasteiger partial charge on any atom is -0.344 e. The monoisotopic (exact) mass is 262 g/mol. The lowest BCUT2D eigenvalue weighted by atomic mass is 9.98. The Balaban J connectivity index is 2.73. The summed E-state index contributed by atoms with van der Waals surface area (Å²) in [7, 11) is 1.81. The van der Waals surface area contributed by atoms with Crippen LogP contribution in [0, 0.1) is 20.8 Å². The number of likely N-dealkylation sites (N-methyl/N-ethyl adjacent to an activating group) is 1. The molecular formula is C16H26N2O. The number of nitrogens with two attached hydrogens (primary N) is 1. The number of amides is 1. The number of aryl methyl sites for hydroxylation is 3. The van der Waals surface area contributed by atoms with E-state index in [9.17, 15) is 4.79 Å². The minimum atomic E-state index is -0.799. The Kier molecular flexibility index (Phi) is 4.75. The smallest absolute Gasteiger partial charge is 0.241 e. The van der Waals surface area contributed by atoms with Gasteiger partial charge in [-0.15, -0.1) is 0 Å². The van der Waals surface area contributed by atoms with E-state index in [1.54, 1.807) is 18.7 Å². The second-order valence-corrected chi connectivity index (χ2v) is 6.06. The van der Waals surface area contributed by atoms with Crippen molar-refractivity contribution in [1.82, 2.24) is 4.90 Å². The number of hydrogen-bond acceptors (Lipinski definition) is 2. The summed E-state index contributed by atoms with van der Waals surface area (Å²) in [4.78, 5) is 13.7. The molecule has 106 valence electrons. The van der Waals surface area contributed by atoms with Gasteiger partial charge in [-0.1, -0.05) is 12.1 Å². The Hall–Kier alpha value is -1.35. The lowest BCUT2D eigenvalue weighted by Crippen LogP contribution is -2.50. The molecule has 0 bridgehead atoms. The second-order valence-electron chi connectivity index (χ2n) is 6.06. The van der Waals surface area contributed by atoms with Crippen molar-refractivity contribution in [3.63, 3.8) is 0 Å². The summed E-state index contributed by atoms with van der Waals surface area (Å²) in [6.07, 6.45) is 0.866. The van der Waals surface area contributed by atoms with Crippen molar-refractivity contribution in [1.29, 1.82) is 0 Å². The van der Waals surface area contributed by atoms with Gasteiger partial charge in [0.1, 0.15) is 0 Å². The number of hydrogen-bond donors (Lipinski definition) is 1. The maximum absolute atomic E-state index is 12.0. The zero-order valence-corrected chi connectivity index (χ0v) is 13.0. The van der Waals surface area contributed by atoms with Gasteiger partial charge >= 0.3 is 0 Å². The second kappa shape index (κ2) is 5.74. The van der Waals surface area contributed by atoms with Crippen molar-refractivity contribution in [2.45, 2.75) is 46.6 Å². The Labute approximate surface area is 116 Å². The van der Waals surface area contributed by atoms with Crippen molar-refractivity contribution >= 4 is 5.91 Å². The fourth-order valence-electron chi connectivity index (χ4n) is 2.17. The average molecular weight is 262 g/mol. The van der Waals surface area contributed by atoms with Crippen LogP contribution >= 0.6 is 0 Å². The lowest BCUT2D eigenvalue weighted by molar-refractivity contribution is -0.134. The van der Waals surface area contributed by atoms with Crippen LogP contribution < -0.4 is 5.73 Å². The molecule has 1 rings (SSSR count). The molecule has 3 nitrogen and oxygen atoms in total. The molecule has 0 heterocycles. The van der Waals surface area contributed by atoms with E-state index in [1.165, 1.54) is 22.3 Å². The fraction of sp³-hybridized carbons (Fsp3) is 0.562. The first-order chi connectivity index (χ1) is 8.62. The van der Waals surface area contributed by atoms with E-state index in [-0.39, 0.29) is 5.91 Å². The van der Waals surface area contributed by atoms with E-state index in [4.69, 9.17) is 5.73 Å². The number of carbonyl (C=O) groups is 1. The first-order valence-electron chi connectivity index (χ1n) is 6.74. The van der Waals surface area contributed by atoms with Crippen molar-refractivity contribution in [2.24, 2.45) is 5.73 Å². The molecule has 0 aliphatic rings. The molecule has 1 amide bonds. The van der Waals surface area contributed by atoms with Crippen LogP contribution in [0.2, 0.25) is 0 Å². The van der Waals surface area contributed by atoms with E-state index in [2.05, 4.69) is 32.9 Å². The summed E-state index contributed by atoms with van der Waals surface area (Å²) in [5, 5.41) is 0. The normalized spacial score (nSPS) is 11.5. The predicted molar refractivity (Wildman–Crippen MR) is 80.3 cm³/mol. The topological polar surface area (TPSA) is 46.3 Å². The number of rotatable bonds is 4. The summed E-state index contributed by atoms with van der Waals surface area (Å²) >= 11 is 0. The highest BCUT2D eigenvalue weighted by atomic mass is 16.2. The third-order valence-corrected chi connectivity index (χ3v) is 3.57. The van der Waals surface area contributed by atoms with Gasteiger partial charge in [0.05, 0.1) is 5.54 Å². The van der Waals surface area contributed by atoms with Gasteiger partial charge in [0.2, 0.25) is 5.91 Å². The molecule has 0 aromatic heterocycles. The summed E-state index contributed by atoms with van der Waals surface area (Å²) < 4.78 is 0. The van der Waals surface area contributed by atoms with Gasteiger partial charge in [0.25, 0.3) is 0 Å². The van der Waals surface area contributed by atoms with Gasteiger partial charge < -0.3 is 10.6 Å². The number of carbonyl (C=O) groups excluding carboxylic acids is 1. The molecular weight excluding hydrogens is 236 g/mol. The van der Waals surface area contributed by atoms with Gasteiger partial charge in [0.15, 0.2) is 0 Å². The molecule has 0 atom stereocenters. The quantitative estimate of drug-likeness (QED) is 0.905. The molecule has 0 spiro atoms. The van der Waals surface area contributed by atoms with Crippen molar-refractivity contribution in [3.05, 3.63) is 34.4 Å². The third-order valence-electron chi connectivity index (χ3n) is 3.57. The van der Waals surface area contributed by atoms with Gasteiger partial charge in [-0.3, -0.25) is 4.79 Å². The molecule has 1 aromatic rings.